The second-order valence-electron chi connectivity index (χ2n) is 4.05. The molecule has 7 nitrogen and oxygen atoms in total. The van der Waals surface area contributed by atoms with E-state index >= 15 is 0 Å². The third-order valence-electron chi connectivity index (χ3n) is 2.69. The molecule has 1 aromatic carbocycles. The van der Waals surface area contributed by atoms with Crippen LogP contribution in [0.25, 0.3) is 10.9 Å². The molecule has 0 unspecified atom stereocenters. The summed E-state index contributed by atoms with van der Waals surface area (Å²) >= 11 is 0. The zero-order valence-corrected chi connectivity index (χ0v) is 10.5. The van der Waals surface area contributed by atoms with Gasteiger partial charge in [-0.1, -0.05) is 18.2 Å². The highest BCUT2D eigenvalue weighted by molar-refractivity contribution is 7.83. The fourth-order valence-corrected chi connectivity index (χ4v) is 2.42. The number of carbonyl (C=O) groups is 1. The molecule has 1 heterocycles. The minimum atomic E-state index is -4.57. The molecule has 0 fully saturated rings. The molecule has 2 rings (SSSR count). The van der Waals surface area contributed by atoms with Crippen molar-refractivity contribution in [3.63, 3.8) is 0 Å². The lowest BCUT2D eigenvalue weighted by molar-refractivity contribution is -0.138. The van der Waals surface area contributed by atoms with E-state index in [0.717, 1.165) is 10.9 Å². The van der Waals surface area contributed by atoms with E-state index in [0.29, 0.717) is 5.56 Å². The summed E-state index contributed by atoms with van der Waals surface area (Å²) in [6, 6.07) is 5.83. The van der Waals surface area contributed by atoms with Crippen LogP contribution in [0.2, 0.25) is 0 Å². The number of hydrogen-bond acceptors (Lipinski definition) is 3. The molecule has 0 aliphatic heterocycles. The molecule has 1 aromatic heterocycles. The van der Waals surface area contributed by atoms with Crippen LogP contribution in [-0.2, 0) is 21.5 Å². The summed E-state index contributed by atoms with van der Waals surface area (Å²) in [5.41, 5.74) is 1.48. The molecule has 0 aliphatic rings. The number of benzene rings is 1. The standard InChI is InChI=1S/C11H12N2O5S/c14-11(15)10(13-19(16,17)18)5-7-6-12-9-4-2-1-3-8(7)9/h1-4,6,10,12-13H,5H2,(H,14,15)(H,16,17,18)/t10-/m0/s1. The van der Waals surface area contributed by atoms with Gasteiger partial charge in [0, 0.05) is 23.5 Å². The van der Waals surface area contributed by atoms with E-state index in [2.05, 4.69) is 4.98 Å². The van der Waals surface area contributed by atoms with Crippen molar-refractivity contribution in [2.45, 2.75) is 12.5 Å². The fraction of sp³-hybridized carbons (Fsp3) is 0.182. The summed E-state index contributed by atoms with van der Waals surface area (Å²) in [4.78, 5) is 14.0. The van der Waals surface area contributed by atoms with E-state index in [9.17, 15) is 13.2 Å². The van der Waals surface area contributed by atoms with E-state index in [4.69, 9.17) is 9.66 Å². The molecule has 2 aromatic rings. The Hall–Kier alpha value is -1.90. The Morgan fingerprint density at radius 3 is 2.68 bits per heavy atom. The molecule has 0 bridgehead atoms. The average Bonchev–Trinajstić information content (AvgIpc) is 2.70. The van der Waals surface area contributed by atoms with Gasteiger partial charge >= 0.3 is 16.3 Å². The van der Waals surface area contributed by atoms with Crippen LogP contribution in [-0.4, -0.2) is 35.1 Å². The van der Waals surface area contributed by atoms with E-state index < -0.39 is 22.3 Å². The fourth-order valence-electron chi connectivity index (χ4n) is 1.88. The highest BCUT2D eigenvalue weighted by Crippen LogP contribution is 2.19. The van der Waals surface area contributed by atoms with Crippen molar-refractivity contribution in [3.05, 3.63) is 36.0 Å². The number of fused-ring (bicyclic) bond motifs is 1. The molecule has 8 heteroatoms. The second-order valence-corrected chi connectivity index (χ2v) is 5.23. The Morgan fingerprint density at radius 2 is 2.05 bits per heavy atom. The number of aliphatic carboxylic acids is 1. The van der Waals surface area contributed by atoms with Gasteiger partial charge < -0.3 is 10.1 Å². The number of nitrogens with one attached hydrogen (secondary N) is 2. The summed E-state index contributed by atoms with van der Waals surface area (Å²) in [6.07, 6.45) is 1.55. The van der Waals surface area contributed by atoms with Crippen LogP contribution < -0.4 is 4.72 Å². The van der Waals surface area contributed by atoms with E-state index in [1.54, 1.807) is 23.1 Å². The largest absolute Gasteiger partial charge is 0.480 e. The van der Waals surface area contributed by atoms with Gasteiger partial charge in [0.25, 0.3) is 0 Å². The topological polar surface area (TPSA) is 119 Å². The van der Waals surface area contributed by atoms with Crippen molar-refractivity contribution in [1.29, 1.82) is 0 Å². The molecule has 4 N–H and O–H groups in total. The molecule has 1 atom stereocenters. The SMILES string of the molecule is O=C(O)[C@H](Cc1c[nH]c2ccccc12)NS(=O)(=O)O. The van der Waals surface area contributed by atoms with Gasteiger partial charge in [0.05, 0.1) is 0 Å². The molecular formula is C11H12N2O5S. The highest BCUT2D eigenvalue weighted by atomic mass is 32.2. The minimum Gasteiger partial charge on any atom is -0.480 e. The van der Waals surface area contributed by atoms with Gasteiger partial charge in [0.15, 0.2) is 0 Å². The van der Waals surface area contributed by atoms with Crippen LogP contribution in [0.1, 0.15) is 5.56 Å². The van der Waals surface area contributed by atoms with Gasteiger partial charge in [-0.3, -0.25) is 9.35 Å². The van der Waals surface area contributed by atoms with Crippen molar-refractivity contribution in [1.82, 2.24) is 9.71 Å². The number of carboxylic acids is 1. The lowest BCUT2D eigenvalue weighted by atomic mass is 10.1. The molecule has 0 amide bonds. The number of para-hydroxylation sites is 1. The number of carboxylic acid groups (broad SMARTS) is 1. The normalized spacial score (nSPS) is 13.5. The predicted octanol–water partition coefficient (Wildman–Crippen LogP) is 0.556. The Balaban J connectivity index is 2.29. The number of H-pyrrole nitrogens is 1. The van der Waals surface area contributed by atoms with Gasteiger partial charge in [-0.15, -0.1) is 0 Å². The number of hydrogen-bond donors (Lipinski definition) is 4. The van der Waals surface area contributed by atoms with Gasteiger partial charge in [0.1, 0.15) is 6.04 Å². The molecule has 19 heavy (non-hydrogen) atoms. The van der Waals surface area contributed by atoms with E-state index in [-0.39, 0.29) is 6.42 Å². The van der Waals surface area contributed by atoms with Gasteiger partial charge in [-0.05, 0) is 11.6 Å². The summed E-state index contributed by atoms with van der Waals surface area (Å²) in [7, 11) is -4.57. The van der Waals surface area contributed by atoms with E-state index in [1.165, 1.54) is 0 Å². The molecule has 0 aliphatic carbocycles. The number of aromatic nitrogens is 1. The van der Waals surface area contributed by atoms with Crippen LogP contribution in [0, 0.1) is 0 Å². The molecular weight excluding hydrogens is 272 g/mol. The molecule has 0 radical (unpaired) electrons. The zero-order chi connectivity index (χ0) is 14.0. The monoisotopic (exact) mass is 284 g/mol. The zero-order valence-electron chi connectivity index (χ0n) is 9.70. The predicted molar refractivity (Wildman–Crippen MR) is 68.1 cm³/mol. The third kappa shape index (κ3) is 3.31. The number of aromatic amines is 1. The van der Waals surface area contributed by atoms with Crippen molar-refractivity contribution in [3.8, 4) is 0 Å². The quantitative estimate of drug-likeness (QED) is 0.598. The Labute approximate surface area is 109 Å². The second kappa shape index (κ2) is 5.00. The minimum absolute atomic E-state index is 0.0703. The van der Waals surface area contributed by atoms with Crippen molar-refractivity contribution >= 4 is 27.2 Å². The first kappa shape index (κ1) is 13.5. The summed E-state index contributed by atoms with van der Waals surface area (Å²) in [6.45, 7) is 0. The first-order valence-electron chi connectivity index (χ1n) is 5.39. The van der Waals surface area contributed by atoms with Gasteiger partial charge in [-0.2, -0.15) is 13.1 Å². The average molecular weight is 284 g/mol. The van der Waals surface area contributed by atoms with E-state index in [1.807, 2.05) is 12.1 Å². The summed E-state index contributed by atoms with van der Waals surface area (Å²) in [5, 5.41) is 9.77. The van der Waals surface area contributed by atoms with Crippen LogP contribution in [0.15, 0.2) is 30.5 Å². The Morgan fingerprint density at radius 1 is 1.37 bits per heavy atom. The van der Waals surface area contributed by atoms with Crippen molar-refractivity contribution in [2.24, 2.45) is 0 Å². The van der Waals surface area contributed by atoms with Gasteiger partial charge in [-0.25, -0.2) is 0 Å². The lowest BCUT2D eigenvalue weighted by Crippen LogP contribution is -2.41. The Kier molecular flexibility index (Phi) is 3.56. The maximum Gasteiger partial charge on any atom is 0.334 e. The molecule has 102 valence electrons. The van der Waals surface area contributed by atoms with Crippen LogP contribution in [0.4, 0.5) is 0 Å². The summed E-state index contributed by atoms with van der Waals surface area (Å²) in [5.74, 6) is -1.36. The molecule has 0 spiro atoms. The first-order valence-corrected chi connectivity index (χ1v) is 6.83. The molecule has 0 saturated heterocycles. The third-order valence-corrected chi connectivity index (χ3v) is 3.27. The van der Waals surface area contributed by atoms with Crippen LogP contribution >= 0.6 is 0 Å². The first-order chi connectivity index (χ1) is 8.87. The van der Waals surface area contributed by atoms with Gasteiger partial charge in [0.2, 0.25) is 0 Å². The highest BCUT2D eigenvalue weighted by Gasteiger charge is 2.23. The Bertz CT molecular complexity index is 707. The van der Waals surface area contributed by atoms with Crippen molar-refractivity contribution in [2.75, 3.05) is 0 Å². The van der Waals surface area contributed by atoms with Crippen LogP contribution in [0.5, 0.6) is 0 Å². The maximum absolute atomic E-state index is 11.0. The smallest absolute Gasteiger partial charge is 0.334 e. The van der Waals surface area contributed by atoms with Crippen LogP contribution in [0.3, 0.4) is 0 Å². The summed E-state index contributed by atoms with van der Waals surface area (Å²) < 4.78 is 31.8. The lowest BCUT2D eigenvalue weighted by Gasteiger charge is -2.11. The number of rotatable bonds is 5. The maximum atomic E-state index is 11.0. The van der Waals surface area contributed by atoms with Crippen molar-refractivity contribution < 1.29 is 22.9 Å². The molecule has 0 saturated carbocycles.